The average molecular weight is 256 g/mol. The van der Waals surface area contributed by atoms with E-state index in [-0.39, 0.29) is 5.63 Å². The van der Waals surface area contributed by atoms with Gasteiger partial charge in [-0.1, -0.05) is 37.3 Å². The van der Waals surface area contributed by atoms with Crippen molar-refractivity contribution in [1.29, 1.82) is 0 Å². The van der Waals surface area contributed by atoms with Crippen molar-refractivity contribution in [3.05, 3.63) is 69.8 Å². The number of hydrogen-bond acceptors (Lipinski definition) is 2. The first-order valence-electron chi connectivity index (χ1n) is 6.95. The zero-order chi connectivity index (χ0) is 13.5. The van der Waals surface area contributed by atoms with Crippen molar-refractivity contribution in [2.75, 3.05) is 0 Å². The van der Waals surface area contributed by atoms with E-state index in [9.17, 15) is 4.79 Å². The van der Waals surface area contributed by atoms with Crippen LogP contribution in [0.4, 0.5) is 0 Å². The molecule has 2 heteroatoms. The van der Waals surface area contributed by atoms with Crippen molar-refractivity contribution in [3.8, 4) is 0 Å². The third-order valence-electron chi connectivity index (χ3n) is 3.21. The standard InChI is InChI=1S/C17H20O2/c1-2-7-16-13-12-15(17(18)19-16)11-6-10-14-8-4-3-5-9-14/h3-5,8-9,12-13H,2,6-7,10-11H2,1H3. The van der Waals surface area contributed by atoms with Gasteiger partial charge in [0, 0.05) is 12.0 Å². The van der Waals surface area contributed by atoms with Crippen molar-refractivity contribution >= 4 is 0 Å². The third-order valence-corrected chi connectivity index (χ3v) is 3.21. The Morgan fingerprint density at radius 3 is 2.42 bits per heavy atom. The van der Waals surface area contributed by atoms with Crippen molar-refractivity contribution < 1.29 is 4.42 Å². The lowest BCUT2D eigenvalue weighted by atomic mass is 10.1. The molecular weight excluding hydrogens is 236 g/mol. The quantitative estimate of drug-likeness (QED) is 0.787. The van der Waals surface area contributed by atoms with E-state index in [2.05, 4.69) is 19.1 Å². The normalized spacial score (nSPS) is 10.6. The topological polar surface area (TPSA) is 30.2 Å². The molecule has 1 heterocycles. The highest BCUT2D eigenvalue weighted by molar-refractivity contribution is 5.16. The fourth-order valence-corrected chi connectivity index (χ4v) is 2.17. The third kappa shape index (κ3) is 4.09. The van der Waals surface area contributed by atoms with Gasteiger partial charge in [0.2, 0.25) is 0 Å². The molecule has 2 rings (SSSR count). The van der Waals surface area contributed by atoms with Gasteiger partial charge < -0.3 is 4.42 Å². The number of rotatable bonds is 6. The largest absolute Gasteiger partial charge is 0.428 e. The summed E-state index contributed by atoms with van der Waals surface area (Å²) in [5.74, 6) is 0.791. The highest BCUT2D eigenvalue weighted by atomic mass is 16.4. The molecule has 0 aliphatic carbocycles. The monoisotopic (exact) mass is 256 g/mol. The summed E-state index contributed by atoms with van der Waals surface area (Å²) in [4.78, 5) is 11.8. The molecule has 100 valence electrons. The minimum atomic E-state index is -0.168. The maximum absolute atomic E-state index is 11.8. The van der Waals surface area contributed by atoms with E-state index in [1.165, 1.54) is 5.56 Å². The Morgan fingerprint density at radius 2 is 1.74 bits per heavy atom. The Bertz CT molecular complexity index is 555. The van der Waals surface area contributed by atoms with Crippen LogP contribution in [0.2, 0.25) is 0 Å². The molecule has 2 nitrogen and oxygen atoms in total. The molecule has 1 aromatic heterocycles. The second kappa shape index (κ2) is 6.93. The summed E-state index contributed by atoms with van der Waals surface area (Å²) in [5, 5.41) is 0. The smallest absolute Gasteiger partial charge is 0.339 e. The van der Waals surface area contributed by atoms with Gasteiger partial charge in [-0.2, -0.15) is 0 Å². The van der Waals surface area contributed by atoms with E-state index >= 15 is 0 Å². The second-order valence-electron chi connectivity index (χ2n) is 4.80. The number of aryl methyl sites for hydroxylation is 3. The predicted octanol–water partition coefficient (Wildman–Crippen LogP) is 3.77. The Labute approximate surface area is 114 Å². The van der Waals surface area contributed by atoms with Gasteiger partial charge in [0.25, 0.3) is 0 Å². The van der Waals surface area contributed by atoms with Crippen molar-refractivity contribution in [1.82, 2.24) is 0 Å². The lowest BCUT2D eigenvalue weighted by molar-refractivity contribution is 0.449. The van der Waals surface area contributed by atoms with Crippen LogP contribution in [0.5, 0.6) is 0 Å². The minimum absolute atomic E-state index is 0.168. The van der Waals surface area contributed by atoms with Crippen molar-refractivity contribution in [2.24, 2.45) is 0 Å². The van der Waals surface area contributed by atoms with Crippen LogP contribution in [0.1, 0.15) is 36.7 Å². The maximum atomic E-state index is 11.8. The molecule has 0 aliphatic rings. The first-order chi connectivity index (χ1) is 9.29. The molecule has 0 radical (unpaired) electrons. The zero-order valence-electron chi connectivity index (χ0n) is 11.4. The summed E-state index contributed by atoms with van der Waals surface area (Å²) in [6, 6.07) is 14.2. The molecule has 0 fully saturated rings. The van der Waals surface area contributed by atoms with Crippen LogP contribution in [0, 0.1) is 0 Å². The second-order valence-corrected chi connectivity index (χ2v) is 4.80. The molecule has 0 saturated carbocycles. The van der Waals surface area contributed by atoms with Gasteiger partial charge in [-0.3, -0.25) is 0 Å². The fraction of sp³-hybridized carbons (Fsp3) is 0.353. The zero-order valence-corrected chi connectivity index (χ0v) is 11.4. The van der Waals surface area contributed by atoms with Crippen LogP contribution in [-0.4, -0.2) is 0 Å². The molecular formula is C17H20O2. The van der Waals surface area contributed by atoms with Gasteiger partial charge >= 0.3 is 5.63 Å². The molecule has 0 saturated heterocycles. The van der Waals surface area contributed by atoms with Gasteiger partial charge in [0.1, 0.15) is 5.76 Å². The molecule has 0 atom stereocenters. The van der Waals surface area contributed by atoms with Crippen LogP contribution < -0.4 is 5.63 Å². The molecule has 0 spiro atoms. The molecule has 19 heavy (non-hydrogen) atoms. The highest BCUT2D eigenvalue weighted by Crippen LogP contribution is 2.07. The lowest BCUT2D eigenvalue weighted by Gasteiger charge is -2.02. The Balaban J connectivity index is 1.91. The summed E-state index contributed by atoms with van der Waals surface area (Å²) >= 11 is 0. The number of hydrogen-bond donors (Lipinski definition) is 0. The van der Waals surface area contributed by atoms with E-state index in [0.717, 1.165) is 43.4 Å². The first-order valence-corrected chi connectivity index (χ1v) is 6.95. The van der Waals surface area contributed by atoms with Gasteiger partial charge in [-0.15, -0.1) is 0 Å². The molecule has 0 unspecified atom stereocenters. The van der Waals surface area contributed by atoms with Crippen LogP contribution in [0.15, 0.2) is 51.7 Å². The van der Waals surface area contributed by atoms with Gasteiger partial charge in [0.15, 0.2) is 0 Å². The maximum Gasteiger partial charge on any atom is 0.339 e. The van der Waals surface area contributed by atoms with Crippen molar-refractivity contribution in [3.63, 3.8) is 0 Å². The first kappa shape index (κ1) is 13.6. The predicted molar refractivity (Wildman–Crippen MR) is 77.4 cm³/mol. The van der Waals surface area contributed by atoms with Gasteiger partial charge in [0.05, 0.1) is 0 Å². The van der Waals surface area contributed by atoms with E-state index in [4.69, 9.17) is 4.42 Å². The Kier molecular flexibility index (Phi) is 4.96. The number of benzene rings is 1. The van der Waals surface area contributed by atoms with Crippen LogP contribution in [0.25, 0.3) is 0 Å². The Hall–Kier alpha value is -1.83. The molecule has 2 aromatic rings. The molecule has 1 aromatic carbocycles. The SMILES string of the molecule is CCCc1ccc(CCCc2ccccc2)c(=O)o1. The molecule has 0 bridgehead atoms. The summed E-state index contributed by atoms with van der Waals surface area (Å²) in [5.41, 5.74) is 1.93. The van der Waals surface area contributed by atoms with Crippen LogP contribution >= 0.6 is 0 Å². The molecule has 0 amide bonds. The summed E-state index contributed by atoms with van der Waals surface area (Å²) < 4.78 is 5.30. The van der Waals surface area contributed by atoms with Crippen molar-refractivity contribution in [2.45, 2.75) is 39.0 Å². The highest BCUT2D eigenvalue weighted by Gasteiger charge is 2.03. The van der Waals surface area contributed by atoms with E-state index in [1.54, 1.807) is 0 Å². The fourth-order valence-electron chi connectivity index (χ4n) is 2.17. The van der Waals surface area contributed by atoms with Gasteiger partial charge in [-0.05, 0) is 43.4 Å². The molecule has 0 aliphatic heterocycles. The summed E-state index contributed by atoms with van der Waals surface area (Å²) in [7, 11) is 0. The summed E-state index contributed by atoms with van der Waals surface area (Å²) in [6.07, 6.45) is 4.58. The van der Waals surface area contributed by atoms with E-state index in [0.29, 0.717) is 0 Å². The lowest BCUT2D eigenvalue weighted by Crippen LogP contribution is -2.08. The van der Waals surface area contributed by atoms with Crippen LogP contribution in [-0.2, 0) is 19.3 Å². The van der Waals surface area contributed by atoms with Crippen LogP contribution in [0.3, 0.4) is 0 Å². The average Bonchev–Trinajstić information content (AvgIpc) is 2.43. The minimum Gasteiger partial charge on any atom is -0.428 e. The molecule has 0 N–H and O–H groups in total. The van der Waals surface area contributed by atoms with E-state index < -0.39 is 0 Å². The van der Waals surface area contributed by atoms with E-state index in [1.807, 2.05) is 30.3 Å². The van der Waals surface area contributed by atoms with Gasteiger partial charge in [-0.25, -0.2) is 4.79 Å². The summed E-state index contributed by atoms with van der Waals surface area (Å²) in [6.45, 7) is 2.08. The Morgan fingerprint density at radius 1 is 0.947 bits per heavy atom.